The fourth-order valence-electron chi connectivity index (χ4n) is 5.10. The second-order valence-corrected chi connectivity index (χ2v) is 10.8. The van der Waals surface area contributed by atoms with Crippen molar-refractivity contribution in [3.8, 4) is 6.07 Å². The van der Waals surface area contributed by atoms with E-state index in [4.69, 9.17) is 0 Å². The van der Waals surface area contributed by atoms with Gasteiger partial charge in [-0.3, -0.25) is 9.62 Å². The van der Waals surface area contributed by atoms with Gasteiger partial charge in [0.05, 0.1) is 11.8 Å². The summed E-state index contributed by atoms with van der Waals surface area (Å²) in [5.41, 5.74) is 5.33. The van der Waals surface area contributed by atoms with Gasteiger partial charge in [0, 0.05) is 50.6 Å². The lowest BCUT2D eigenvalue weighted by molar-refractivity contribution is 0.260. The third-order valence-corrected chi connectivity index (χ3v) is 7.31. The molecule has 0 amide bonds. The summed E-state index contributed by atoms with van der Waals surface area (Å²) in [6, 6.07) is 9.97. The molecule has 0 saturated carbocycles. The van der Waals surface area contributed by atoms with Gasteiger partial charge in [-0.05, 0) is 43.4 Å². The minimum absolute atomic E-state index is 0.602. The summed E-state index contributed by atoms with van der Waals surface area (Å²) in [7, 11) is -3.28. The number of hydrogen-bond acceptors (Lipinski definition) is 7. The maximum absolute atomic E-state index is 11.5. The van der Waals surface area contributed by atoms with Gasteiger partial charge in [-0.1, -0.05) is 12.1 Å². The SMILES string of the molecule is CS(=O)(=O)Nc1cccc(CCN2CCN(c3ncnc4c(C#N)c5n(c34)CCCC5)CC2)c1. The van der Waals surface area contributed by atoms with Gasteiger partial charge in [0.15, 0.2) is 5.82 Å². The van der Waals surface area contributed by atoms with Crippen molar-refractivity contribution in [1.29, 1.82) is 5.26 Å². The minimum Gasteiger partial charge on any atom is -0.352 e. The van der Waals surface area contributed by atoms with Gasteiger partial charge in [0.2, 0.25) is 10.0 Å². The van der Waals surface area contributed by atoms with Crippen LogP contribution in [0.15, 0.2) is 30.6 Å². The lowest BCUT2D eigenvalue weighted by Crippen LogP contribution is -2.47. The van der Waals surface area contributed by atoms with Crippen molar-refractivity contribution in [3.05, 3.63) is 47.4 Å². The van der Waals surface area contributed by atoms with Crippen molar-refractivity contribution < 1.29 is 8.42 Å². The van der Waals surface area contributed by atoms with Gasteiger partial charge in [0.1, 0.15) is 23.4 Å². The number of hydrogen-bond donors (Lipinski definition) is 1. The third-order valence-electron chi connectivity index (χ3n) is 6.70. The zero-order chi connectivity index (χ0) is 23.7. The lowest BCUT2D eigenvalue weighted by atomic mass is 10.1. The number of nitriles is 1. The predicted octanol–water partition coefficient (Wildman–Crippen LogP) is 2.38. The number of fused-ring (bicyclic) bond motifs is 3. The zero-order valence-corrected chi connectivity index (χ0v) is 20.2. The first kappa shape index (κ1) is 22.6. The summed E-state index contributed by atoms with van der Waals surface area (Å²) in [6.45, 7) is 5.40. The quantitative estimate of drug-likeness (QED) is 0.578. The Morgan fingerprint density at radius 3 is 2.71 bits per heavy atom. The van der Waals surface area contributed by atoms with Crippen LogP contribution in [0.3, 0.4) is 0 Å². The maximum Gasteiger partial charge on any atom is 0.229 e. The van der Waals surface area contributed by atoms with E-state index < -0.39 is 10.0 Å². The molecule has 1 fully saturated rings. The molecule has 5 rings (SSSR count). The highest BCUT2D eigenvalue weighted by molar-refractivity contribution is 7.92. The number of rotatable bonds is 6. The molecule has 4 heterocycles. The number of aromatic nitrogens is 3. The van der Waals surface area contributed by atoms with Crippen LogP contribution in [0.1, 0.15) is 29.7 Å². The van der Waals surface area contributed by atoms with Crippen LogP contribution in [0, 0.1) is 11.3 Å². The average molecular weight is 480 g/mol. The summed E-state index contributed by atoms with van der Waals surface area (Å²) >= 11 is 0. The number of nitrogens with one attached hydrogen (secondary N) is 1. The highest BCUT2D eigenvalue weighted by atomic mass is 32.2. The summed E-state index contributed by atoms with van der Waals surface area (Å²) in [4.78, 5) is 13.9. The van der Waals surface area contributed by atoms with Crippen molar-refractivity contribution in [2.24, 2.45) is 0 Å². The Morgan fingerprint density at radius 2 is 1.94 bits per heavy atom. The summed E-state index contributed by atoms with van der Waals surface area (Å²) in [6.07, 6.45) is 6.76. The molecule has 0 unspecified atom stereocenters. The van der Waals surface area contributed by atoms with E-state index in [0.717, 1.165) is 99.3 Å². The van der Waals surface area contributed by atoms with E-state index in [-0.39, 0.29) is 0 Å². The first-order valence-electron chi connectivity index (χ1n) is 11.7. The zero-order valence-electron chi connectivity index (χ0n) is 19.4. The Morgan fingerprint density at radius 1 is 1.12 bits per heavy atom. The van der Waals surface area contributed by atoms with Crippen LogP contribution in [0.25, 0.3) is 11.0 Å². The van der Waals surface area contributed by atoms with E-state index in [1.807, 2.05) is 18.2 Å². The molecule has 0 atom stereocenters. The first-order valence-corrected chi connectivity index (χ1v) is 13.6. The molecule has 2 aromatic heterocycles. The molecular weight excluding hydrogens is 450 g/mol. The van der Waals surface area contributed by atoms with Gasteiger partial charge in [-0.25, -0.2) is 18.4 Å². The van der Waals surface area contributed by atoms with Crippen molar-refractivity contribution in [2.45, 2.75) is 32.2 Å². The van der Waals surface area contributed by atoms with Crippen LogP contribution in [0.5, 0.6) is 0 Å². The summed E-state index contributed by atoms with van der Waals surface area (Å²) in [5, 5.41) is 9.76. The van der Waals surface area contributed by atoms with E-state index in [0.29, 0.717) is 11.3 Å². The Labute approximate surface area is 200 Å². The van der Waals surface area contributed by atoms with Gasteiger partial charge in [-0.15, -0.1) is 0 Å². The monoisotopic (exact) mass is 479 g/mol. The molecule has 1 aromatic carbocycles. The van der Waals surface area contributed by atoms with Crippen LogP contribution < -0.4 is 9.62 Å². The van der Waals surface area contributed by atoms with Crippen molar-refractivity contribution in [2.75, 3.05) is 48.6 Å². The van der Waals surface area contributed by atoms with Crippen molar-refractivity contribution in [3.63, 3.8) is 0 Å². The van der Waals surface area contributed by atoms with Crippen LogP contribution in [-0.4, -0.2) is 66.8 Å². The molecule has 10 heteroatoms. The van der Waals surface area contributed by atoms with Crippen LogP contribution in [-0.2, 0) is 29.4 Å². The van der Waals surface area contributed by atoms with E-state index in [1.54, 1.807) is 12.4 Å². The van der Waals surface area contributed by atoms with Gasteiger partial charge >= 0.3 is 0 Å². The fraction of sp³-hybridized carbons (Fsp3) is 0.458. The third kappa shape index (κ3) is 4.58. The van der Waals surface area contributed by atoms with E-state index in [2.05, 4.69) is 35.1 Å². The van der Waals surface area contributed by atoms with Crippen LogP contribution in [0.4, 0.5) is 11.5 Å². The molecule has 178 valence electrons. The number of aryl methyl sites for hydroxylation is 1. The number of benzene rings is 1. The lowest BCUT2D eigenvalue weighted by Gasteiger charge is -2.35. The molecule has 0 spiro atoms. The van der Waals surface area contributed by atoms with E-state index in [9.17, 15) is 13.7 Å². The Balaban J connectivity index is 1.26. The summed E-state index contributed by atoms with van der Waals surface area (Å²) < 4.78 is 27.8. The Hall–Kier alpha value is -3.16. The normalized spacial score (nSPS) is 16.9. The van der Waals surface area contributed by atoms with Crippen LogP contribution in [0.2, 0.25) is 0 Å². The van der Waals surface area contributed by atoms with E-state index in [1.165, 1.54) is 0 Å². The molecule has 9 nitrogen and oxygen atoms in total. The molecular formula is C24H29N7O2S. The first-order chi connectivity index (χ1) is 16.4. The van der Waals surface area contributed by atoms with E-state index >= 15 is 0 Å². The molecule has 0 aliphatic carbocycles. The number of nitrogens with zero attached hydrogens (tertiary/aromatic N) is 6. The highest BCUT2D eigenvalue weighted by Gasteiger charge is 2.27. The van der Waals surface area contributed by atoms with Crippen molar-refractivity contribution in [1.82, 2.24) is 19.4 Å². The Kier molecular flexibility index (Phi) is 6.15. The van der Waals surface area contributed by atoms with Crippen LogP contribution >= 0.6 is 0 Å². The molecule has 2 aliphatic rings. The highest BCUT2D eigenvalue weighted by Crippen LogP contribution is 2.34. The number of anilines is 2. The molecule has 0 radical (unpaired) electrons. The van der Waals surface area contributed by atoms with Gasteiger partial charge in [-0.2, -0.15) is 5.26 Å². The second kappa shape index (κ2) is 9.24. The minimum atomic E-state index is -3.28. The summed E-state index contributed by atoms with van der Waals surface area (Å²) in [5.74, 6) is 0.939. The van der Waals surface area contributed by atoms with Crippen molar-refractivity contribution >= 4 is 32.6 Å². The van der Waals surface area contributed by atoms with Gasteiger partial charge in [0.25, 0.3) is 0 Å². The fourth-order valence-corrected chi connectivity index (χ4v) is 5.66. The predicted molar refractivity (Wildman–Crippen MR) is 132 cm³/mol. The average Bonchev–Trinajstić information content (AvgIpc) is 3.16. The Bertz CT molecular complexity index is 1350. The molecule has 1 N–H and O–H groups in total. The molecule has 0 bridgehead atoms. The second-order valence-electron chi connectivity index (χ2n) is 9.09. The largest absolute Gasteiger partial charge is 0.352 e. The molecule has 3 aromatic rings. The maximum atomic E-state index is 11.5. The number of sulfonamides is 1. The topological polar surface area (TPSA) is 107 Å². The smallest absolute Gasteiger partial charge is 0.229 e. The molecule has 34 heavy (non-hydrogen) atoms. The standard InChI is InChI=1S/C24H29N7O2S/c1-34(32,33)28-19-6-4-5-18(15-19)8-10-29-11-13-30(14-12-29)24-23-22(26-17-27-24)20(16-25)21-7-2-3-9-31(21)23/h4-6,15,17,28H,2-3,7-14H2,1H3. The molecule has 2 aliphatic heterocycles. The number of piperazine rings is 1. The molecule has 1 saturated heterocycles. The van der Waals surface area contributed by atoms with Gasteiger partial charge < -0.3 is 9.47 Å².